The van der Waals surface area contributed by atoms with E-state index in [1.165, 1.54) is 23.5 Å². The number of amides is 1. The van der Waals surface area contributed by atoms with Crippen molar-refractivity contribution in [2.24, 2.45) is 0 Å². The van der Waals surface area contributed by atoms with E-state index >= 15 is 0 Å². The van der Waals surface area contributed by atoms with Gasteiger partial charge in [-0.05, 0) is 48.9 Å². The molecular formula is C23H24F3N3O3S. The molecule has 1 saturated heterocycles. The second-order valence-corrected chi connectivity index (χ2v) is 8.68. The summed E-state index contributed by atoms with van der Waals surface area (Å²) in [5.74, 6) is 0.308. The van der Waals surface area contributed by atoms with Gasteiger partial charge >= 0.3 is 6.18 Å². The Bertz CT molecular complexity index is 1100. The van der Waals surface area contributed by atoms with Crippen molar-refractivity contribution in [2.75, 3.05) is 51.4 Å². The molecule has 2 aromatic carbocycles. The van der Waals surface area contributed by atoms with E-state index in [4.69, 9.17) is 9.47 Å². The predicted molar refractivity (Wildman–Crippen MR) is 121 cm³/mol. The number of carbonyl (C=O) groups is 1. The van der Waals surface area contributed by atoms with Crippen molar-refractivity contribution in [3.05, 3.63) is 53.6 Å². The normalized spacial score (nSPS) is 15.0. The lowest BCUT2D eigenvalue weighted by Crippen LogP contribution is -2.39. The van der Waals surface area contributed by atoms with Gasteiger partial charge in [0.1, 0.15) is 5.75 Å². The van der Waals surface area contributed by atoms with Crippen LogP contribution in [0.4, 0.5) is 18.3 Å². The quantitative estimate of drug-likeness (QED) is 0.492. The minimum Gasteiger partial charge on any atom is -0.497 e. The molecule has 1 aliphatic heterocycles. The zero-order valence-electron chi connectivity index (χ0n) is 18.1. The smallest absolute Gasteiger partial charge is 0.416 e. The number of benzene rings is 2. The first-order valence-corrected chi connectivity index (χ1v) is 11.4. The number of rotatable bonds is 7. The van der Waals surface area contributed by atoms with Crippen molar-refractivity contribution in [2.45, 2.75) is 12.6 Å². The van der Waals surface area contributed by atoms with Crippen LogP contribution in [0.5, 0.6) is 5.75 Å². The highest BCUT2D eigenvalue weighted by Gasteiger charge is 2.31. The number of carbonyl (C=O) groups excluding carboxylic acids is 1. The van der Waals surface area contributed by atoms with E-state index in [0.29, 0.717) is 37.1 Å². The SMILES string of the molecule is COc1ccc2nc(N(CCCN3CCOCC3)C(=O)c3ccc(C(F)(F)F)cc3)sc2c1. The number of anilines is 1. The van der Waals surface area contributed by atoms with E-state index < -0.39 is 11.7 Å². The summed E-state index contributed by atoms with van der Waals surface area (Å²) < 4.78 is 50.3. The van der Waals surface area contributed by atoms with Crippen molar-refractivity contribution in [1.29, 1.82) is 0 Å². The Hall–Kier alpha value is -2.69. The van der Waals surface area contributed by atoms with Crippen LogP contribution >= 0.6 is 11.3 Å². The van der Waals surface area contributed by atoms with Gasteiger partial charge in [0.15, 0.2) is 5.13 Å². The van der Waals surface area contributed by atoms with Crippen molar-refractivity contribution in [1.82, 2.24) is 9.88 Å². The molecule has 0 atom stereocenters. The van der Waals surface area contributed by atoms with E-state index in [2.05, 4.69) is 9.88 Å². The van der Waals surface area contributed by atoms with Crippen LogP contribution in [-0.4, -0.2) is 62.3 Å². The topological polar surface area (TPSA) is 54.9 Å². The van der Waals surface area contributed by atoms with Crippen molar-refractivity contribution in [3.8, 4) is 5.75 Å². The van der Waals surface area contributed by atoms with E-state index in [9.17, 15) is 18.0 Å². The first-order valence-electron chi connectivity index (χ1n) is 10.6. The van der Waals surface area contributed by atoms with Crippen molar-refractivity contribution in [3.63, 3.8) is 0 Å². The van der Waals surface area contributed by atoms with E-state index in [1.54, 1.807) is 18.1 Å². The molecule has 4 rings (SSSR count). The lowest BCUT2D eigenvalue weighted by Gasteiger charge is -2.27. The number of morpholine rings is 1. The maximum absolute atomic E-state index is 13.3. The fourth-order valence-electron chi connectivity index (χ4n) is 3.65. The third-order valence-corrected chi connectivity index (χ3v) is 6.52. The van der Waals surface area contributed by atoms with E-state index in [1.807, 2.05) is 12.1 Å². The highest BCUT2D eigenvalue weighted by Crippen LogP contribution is 2.33. The number of hydrogen-bond acceptors (Lipinski definition) is 6. The lowest BCUT2D eigenvalue weighted by molar-refractivity contribution is -0.137. The molecule has 6 nitrogen and oxygen atoms in total. The summed E-state index contributed by atoms with van der Waals surface area (Å²) in [5.41, 5.74) is 0.130. The molecule has 0 spiro atoms. The Kier molecular flexibility index (Phi) is 7.16. The third-order valence-electron chi connectivity index (χ3n) is 5.48. The van der Waals surface area contributed by atoms with Crippen LogP contribution < -0.4 is 9.64 Å². The molecule has 0 N–H and O–H groups in total. The molecule has 1 amide bonds. The molecule has 1 fully saturated rings. The average Bonchev–Trinajstić information content (AvgIpc) is 3.24. The Morgan fingerprint density at radius 3 is 2.58 bits per heavy atom. The number of nitrogens with zero attached hydrogens (tertiary/aromatic N) is 3. The summed E-state index contributed by atoms with van der Waals surface area (Å²) in [6.07, 6.45) is -3.75. The largest absolute Gasteiger partial charge is 0.497 e. The minimum absolute atomic E-state index is 0.186. The highest BCUT2D eigenvalue weighted by atomic mass is 32.1. The Morgan fingerprint density at radius 2 is 1.91 bits per heavy atom. The van der Waals surface area contributed by atoms with Crippen molar-refractivity contribution < 1.29 is 27.4 Å². The van der Waals surface area contributed by atoms with Gasteiger partial charge in [-0.3, -0.25) is 14.6 Å². The van der Waals surface area contributed by atoms with Gasteiger partial charge in [-0.2, -0.15) is 13.2 Å². The molecule has 0 aliphatic carbocycles. The van der Waals surface area contributed by atoms with Gasteiger partial charge in [0.25, 0.3) is 5.91 Å². The van der Waals surface area contributed by atoms with E-state index in [0.717, 1.165) is 42.0 Å². The molecule has 0 radical (unpaired) electrons. The molecule has 176 valence electrons. The van der Waals surface area contributed by atoms with E-state index in [-0.39, 0.29) is 11.5 Å². The fraction of sp³-hybridized carbons (Fsp3) is 0.391. The average molecular weight is 480 g/mol. The van der Waals surface area contributed by atoms with Crippen LogP contribution in [0.25, 0.3) is 10.2 Å². The Balaban J connectivity index is 1.58. The second-order valence-electron chi connectivity index (χ2n) is 7.67. The van der Waals surface area contributed by atoms with Gasteiger partial charge in [0, 0.05) is 31.7 Å². The van der Waals surface area contributed by atoms with Crippen LogP contribution in [-0.2, 0) is 10.9 Å². The fourth-order valence-corrected chi connectivity index (χ4v) is 4.67. The van der Waals surface area contributed by atoms with Gasteiger partial charge in [-0.25, -0.2) is 4.98 Å². The van der Waals surface area contributed by atoms with Crippen LogP contribution in [0.1, 0.15) is 22.3 Å². The molecule has 0 unspecified atom stereocenters. The van der Waals surface area contributed by atoms with Crippen LogP contribution in [0.15, 0.2) is 42.5 Å². The number of methoxy groups -OCH3 is 1. The summed E-state index contributed by atoms with van der Waals surface area (Å²) in [6.45, 7) is 4.25. The summed E-state index contributed by atoms with van der Waals surface area (Å²) in [7, 11) is 1.58. The predicted octanol–water partition coefficient (Wildman–Crippen LogP) is 4.69. The van der Waals surface area contributed by atoms with Crippen LogP contribution in [0, 0.1) is 0 Å². The Labute approximate surface area is 193 Å². The monoisotopic (exact) mass is 479 g/mol. The summed E-state index contributed by atoms with van der Waals surface area (Å²) >= 11 is 1.35. The van der Waals surface area contributed by atoms with Gasteiger partial charge < -0.3 is 9.47 Å². The van der Waals surface area contributed by atoms with Crippen molar-refractivity contribution >= 4 is 32.6 Å². The molecule has 3 aromatic rings. The molecular weight excluding hydrogens is 455 g/mol. The zero-order chi connectivity index (χ0) is 23.4. The summed E-state index contributed by atoms with van der Waals surface area (Å²) in [6, 6.07) is 9.78. The maximum Gasteiger partial charge on any atom is 0.416 e. The maximum atomic E-state index is 13.3. The first kappa shape index (κ1) is 23.5. The number of halogens is 3. The molecule has 2 heterocycles. The molecule has 33 heavy (non-hydrogen) atoms. The second kappa shape index (κ2) is 10.1. The lowest BCUT2D eigenvalue weighted by atomic mass is 10.1. The molecule has 0 saturated carbocycles. The van der Waals surface area contributed by atoms with Gasteiger partial charge in [0.2, 0.25) is 0 Å². The van der Waals surface area contributed by atoms with Crippen LogP contribution in [0.3, 0.4) is 0 Å². The molecule has 10 heteroatoms. The first-order chi connectivity index (χ1) is 15.8. The number of fused-ring (bicyclic) bond motifs is 1. The molecule has 1 aliphatic rings. The van der Waals surface area contributed by atoms with Gasteiger partial charge in [0.05, 0.1) is 36.1 Å². The zero-order valence-corrected chi connectivity index (χ0v) is 18.9. The molecule has 1 aromatic heterocycles. The Morgan fingerprint density at radius 1 is 1.18 bits per heavy atom. The number of alkyl halides is 3. The highest BCUT2D eigenvalue weighted by molar-refractivity contribution is 7.22. The minimum atomic E-state index is -4.45. The summed E-state index contributed by atoms with van der Waals surface area (Å²) in [4.78, 5) is 21.8. The van der Waals surface area contributed by atoms with Gasteiger partial charge in [-0.1, -0.05) is 11.3 Å². The standard InChI is InChI=1S/C23H24F3N3O3S/c1-31-18-7-8-19-20(15-18)33-22(27-19)29(10-2-9-28-11-13-32-14-12-28)21(30)16-3-5-17(6-4-16)23(24,25)26/h3-8,15H,2,9-14H2,1H3. The summed E-state index contributed by atoms with van der Waals surface area (Å²) in [5, 5.41) is 0.505. The molecule has 0 bridgehead atoms. The number of thiazole rings is 1. The number of aromatic nitrogens is 1. The van der Waals surface area contributed by atoms with Gasteiger partial charge in [-0.15, -0.1) is 0 Å². The number of hydrogen-bond donors (Lipinski definition) is 0. The number of ether oxygens (including phenoxy) is 2. The van der Waals surface area contributed by atoms with Crippen LogP contribution in [0.2, 0.25) is 0 Å². The third kappa shape index (κ3) is 5.63.